The predicted octanol–water partition coefficient (Wildman–Crippen LogP) is 0.883. The van der Waals surface area contributed by atoms with Crippen LogP contribution in [0.15, 0.2) is 0 Å². The van der Waals surface area contributed by atoms with E-state index < -0.39 is 30.2 Å². The number of ether oxygens (including phenoxy) is 1. The fourth-order valence-electron chi connectivity index (χ4n) is 1.55. The summed E-state index contributed by atoms with van der Waals surface area (Å²) < 4.78 is 39.5. The largest absolute Gasteiger partial charge is 0.440 e. The van der Waals surface area contributed by atoms with Gasteiger partial charge in [0.1, 0.15) is 0 Å². The second-order valence-corrected chi connectivity index (χ2v) is 4.27. The summed E-state index contributed by atoms with van der Waals surface area (Å²) in [6.45, 7) is 0.0805. The fourth-order valence-corrected chi connectivity index (χ4v) is 1.55. The lowest BCUT2D eigenvalue weighted by molar-refractivity contribution is -0.162. The Morgan fingerprint density at radius 1 is 1.47 bits per heavy atom. The summed E-state index contributed by atoms with van der Waals surface area (Å²) in [5.41, 5.74) is 4.25. The maximum absolute atomic E-state index is 11.8. The summed E-state index contributed by atoms with van der Waals surface area (Å²) in [5, 5.41) is 0. The van der Waals surface area contributed by atoms with Crippen LogP contribution in [0.4, 0.5) is 18.0 Å². The Hall–Kier alpha value is -1.47. The minimum Gasteiger partial charge on any atom is -0.440 e. The van der Waals surface area contributed by atoms with Gasteiger partial charge in [-0.15, -0.1) is 0 Å². The van der Waals surface area contributed by atoms with Crippen LogP contribution in [0.5, 0.6) is 0 Å². The molecule has 1 heterocycles. The van der Waals surface area contributed by atoms with E-state index in [1.54, 1.807) is 6.92 Å². The lowest BCUT2D eigenvalue weighted by Crippen LogP contribution is -2.39. The number of carbonyl (C=O) groups is 2. The number of rotatable bonds is 2. The summed E-state index contributed by atoms with van der Waals surface area (Å²) in [7, 11) is 0. The molecule has 8 heteroatoms. The minimum absolute atomic E-state index is 0.0149. The zero-order valence-corrected chi connectivity index (χ0v) is 9.21. The Kier molecular flexibility index (Phi) is 3.53. The van der Waals surface area contributed by atoms with Gasteiger partial charge in [-0.25, -0.2) is 4.79 Å². The Balaban J connectivity index is 2.49. The second-order valence-electron chi connectivity index (χ2n) is 4.27. The van der Waals surface area contributed by atoms with Crippen molar-refractivity contribution in [2.45, 2.75) is 19.5 Å². The van der Waals surface area contributed by atoms with Crippen LogP contribution < -0.4 is 5.73 Å². The van der Waals surface area contributed by atoms with Gasteiger partial charge in [-0.05, 0) is 13.3 Å². The zero-order valence-electron chi connectivity index (χ0n) is 9.21. The molecule has 2 N–H and O–H groups in total. The van der Waals surface area contributed by atoms with E-state index in [2.05, 4.69) is 4.74 Å². The maximum atomic E-state index is 11.8. The van der Waals surface area contributed by atoms with Crippen molar-refractivity contribution in [1.82, 2.24) is 4.90 Å². The highest BCUT2D eigenvalue weighted by Gasteiger charge is 2.42. The van der Waals surface area contributed by atoms with Gasteiger partial charge >= 0.3 is 12.3 Å². The van der Waals surface area contributed by atoms with Crippen molar-refractivity contribution < 1.29 is 27.5 Å². The number of carbonyl (C=O) groups excluding carboxylic acids is 2. The van der Waals surface area contributed by atoms with Crippen LogP contribution in [-0.2, 0) is 9.53 Å². The highest BCUT2D eigenvalue weighted by atomic mass is 19.4. The zero-order chi connectivity index (χ0) is 13.3. The van der Waals surface area contributed by atoms with Crippen molar-refractivity contribution in [2.75, 3.05) is 19.7 Å². The average Bonchev–Trinajstić information content (AvgIpc) is 2.58. The standard InChI is InChI=1S/C9H13F3N2O3/c1-8(6(13)15)2-3-14(4-8)7(16)17-5-9(10,11)12/h2-5H2,1H3,(H2,13,15). The number of nitrogens with two attached hydrogens (primary N) is 1. The molecule has 1 unspecified atom stereocenters. The number of amides is 2. The van der Waals surface area contributed by atoms with Crippen molar-refractivity contribution in [2.24, 2.45) is 11.1 Å². The fraction of sp³-hybridized carbons (Fsp3) is 0.778. The molecule has 17 heavy (non-hydrogen) atoms. The topological polar surface area (TPSA) is 72.6 Å². The Bertz CT molecular complexity index is 332. The molecule has 0 aliphatic carbocycles. The summed E-state index contributed by atoms with van der Waals surface area (Å²) in [6, 6.07) is 0. The molecular formula is C9H13F3N2O3. The first-order valence-electron chi connectivity index (χ1n) is 4.92. The maximum Gasteiger partial charge on any atom is 0.422 e. The van der Waals surface area contributed by atoms with Gasteiger partial charge in [0.15, 0.2) is 6.61 Å². The van der Waals surface area contributed by atoms with E-state index in [-0.39, 0.29) is 13.1 Å². The van der Waals surface area contributed by atoms with E-state index in [4.69, 9.17) is 5.73 Å². The van der Waals surface area contributed by atoms with Crippen LogP contribution in [0.3, 0.4) is 0 Å². The Labute approximate surface area is 95.7 Å². The molecule has 1 rings (SSSR count). The smallest absolute Gasteiger partial charge is 0.422 e. The van der Waals surface area contributed by atoms with E-state index in [0.717, 1.165) is 4.90 Å². The van der Waals surface area contributed by atoms with Gasteiger partial charge in [0.25, 0.3) is 0 Å². The van der Waals surface area contributed by atoms with Gasteiger partial charge in [-0.3, -0.25) is 4.79 Å². The van der Waals surface area contributed by atoms with Gasteiger partial charge in [0.2, 0.25) is 5.91 Å². The molecule has 1 atom stereocenters. The van der Waals surface area contributed by atoms with Crippen LogP contribution in [-0.4, -0.2) is 42.8 Å². The molecule has 0 radical (unpaired) electrons. The normalized spacial score (nSPS) is 24.8. The minimum atomic E-state index is -4.55. The number of halogens is 3. The highest BCUT2D eigenvalue weighted by molar-refractivity contribution is 5.82. The molecule has 2 amide bonds. The van der Waals surface area contributed by atoms with Crippen LogP contribution in [0, 0.1) is 5.41 Å². The molecule has 98 valence electrons. The molecule has 0 aromatic rings. The lowest BCUT2D eigenvalue weighted by atomic mass is 9.89. The summed E-state index contributed by atoms with van der Waals surface area (Å²) in [5.74, 6) is -0.580. The van der Waals surface area contributed by atoms with E-state index in [1.165, 1.54) is 0 Å². The SMILES string of the molecule is CC1(C(N)=O)CCN(C(=O)OCC(F)(F)F)C1. The van der Waals surface area contributed by atoms with Gasteiger partial charge < -0.3 is 15.4 Å². The van der Waals surface area contributed by atoms with Gasteiger partial charge in [-0.1, -0.05) is 0 Å². The van der Waals surface area contributed by atoms with Crippen LogP contribution in [0.1, 0.15) is 13.3 Å². The predicted molar refractivity (Wildman–Crippen MR) is 50.9 cm³/mol. The summed E-state index contributed by atoms with van der Waals surface area (Å²) >= 11 is 0. The van der Waals surface area contributed by atoms with Crippen LogP contribution >= 0.6 is 0 Å². The number of primary amides is 1. The summed E-state index contributed by atoms with van der Waals surface area (Å²) in [4.78, 5) is 23.4. The third-order valence-electron chi connectivity index (χ3n) is 2.69. The average molecular weight is 254 g/mol. The molecule has 1 fully saturated rings. The van der Waals surface area contributed by atoms with E-state index in [0.29, 0.717) is 6.42 Å². The first-order chi connectivity index (χ1) is 7.64. The number of alkyl halides is 3. The van der Waals surface area contributed by atoms with Crippen molar-refractivity contribution in [3.63, 3.8) is 0 Å². The molecule has 1 aliphatic heterocycles. The molecular weight excluding hydrogens is 241 g/mol. The number of nitrogens with zero attached hydrogens (tertiary/aromatic N) is 1. The van der Waals surface area contributed by atoms with Gasteiger partial charge in [0, 0.05) is 13.1 Å². The third-order valence-corrected chi connectivity index (χ3v) is 2.69. The lowest BCUT2D eigenvalue weighted by Gasteiger charge is -2.20. The van der Waals surface area contributed by atoms with Gasteiger partial charge in [-0.2, -0.15) is 13.2 Å². The van der Waals surface area contributed by atoms with Crippen molar-refractivity contribution in [3.8, 4) is 0 Å². The second kappa shape index (κ2) is 4.42. The van der Waals surface area contributed by atoms with Crippen molar-refractivity contribution >= 4 is 12.0 Å². The molecule has 0 aromatic carbocycles. The molecule has 0 spiro atoms. The Morgan fingerprint density at radius 3 is 2.47 bits per heavy atom. The van der Waals surface area contributed by atoms with Crippen molar-refractivity contribution in [3.05, 3.63) is 0 Å². The number of likely N-dealkylation sites (tertiary alicyclic amines) is 1. The van der Waals surface area contributed by atoms with E-state index in [9.17, 15) is 22.8 Å². The summed E-state index contributed by atoms with van der Waals surface area (Å²) in [6.07, 6.45) is -5.31. The van der Waals surface area contributed by atoms with E-state index >= 15 is 0 Å². The molecule has 0 bridgehead atoms. The van der Waals surface area contributed by atoms with Crippen LogP contribution in [0.25, 0.3) is 0 Å². The first-order valence-corrected chi connectivity index (χ1v) is 4.92. The van der Waals surface area contributed by atoms with Crippen LogP contribution in [0.2, 0.25) is 0 Å². The van der Waals surface area contributed by atoms with Crippen molar-refractivity contribution in [1.29, 1.82) is 0 Å². The Morgan fingerprint density at radius 2 is 2.06 bits per heavy atom. The quantitative estimate of drug-likeness (QED) is 0.795. The molecule has 0 aromatic heterocycles. The molecule has 0 saturated carbocycles. The molecule has 1 saturated heterocycles. The number of hydrogen-bond acceptors (Lipinski definition) is 3. The first kappa shape index (κ1) is 13.6. The number of hydrogen-bond donors (Lipinski definition) is 1. The van der Waals surface area contributed by atoms with E-state index in [1.807, 2.05) is 0 Å². The highest BCUT2D eigenvalue weighted by Crippen LogP contribution is 2.30. The van der Waals surface area contributed by atoms with Gasteiger partial charge in [0.05, 0.1) is 5.41 Å². The molecule has 1 aliphatic rings. The third kappa shape index (κ3) is 3.50. The monoisotopic (exact) mass is 254 g/mol. The molecule has 5 nitrogen and oxygen atoms in total.